The zero-order valence-corrected chi connectivity index (χ0v) is 11.6. The Kier molecular flexibility index (Phi) is 4.43. The van der Waals surface area contributed by atoms with Gasteiger partial charge in [0, 0.05) is 12.8 Å². The third kappa shape index (κ3) is 3.96. The van der Waals surface area contributed by atoms with Crippen LogP contribution in [0, 0.1) is 11.6 Å². The van der Waals surface area contributed by atoms with Gasteiger partial charge in [-0.1, -0.05) is 18.2 Å². The van der Waals surface area contributed by atoms with Gasteiger partial charge < -0.3 is 0 Å². The molecular weight excluding hydrogens is 314 g/mol. The highest BCUT2D eigenvalue weighted by atomic mass is 79.9. The van der Waals surface area contributed by atoms with E-state index >= 15 is 0 Å². The second kappa shape index (κ2) is 6.06. The molecule has 0 atom stereocenters. The van der Waals surface area contributed by atoms with Crippen molar-refractivity contribution in [3.05, 3.63) is 69.7 Å². The lowest BCUT2D eigenvalue weighted by molar-refractivity contribution is -0.117. The van der Waals surface area contributed by atoms with Gasteiger partial charge in [-0.05, 0) is 51.3 Å². The van der Waals surface area contributed by atoms with Gasteiger partial charge in [0.15, 0.2) is 0 Å². The van der Waals surface area contributed by atoms with E-state index in [0.29, 0.717) is 10.0 Å². The fourth-order valence-corrected chi connectivity index (χ4v) is 2.24. The molecule has 2 rings (SSSR count). The van der Waals surface area contributed by atoms with Crippen LogP contribution in [0.2, 0.25) is 0 Å². The second-order valence-corrected chi connectivity index (χ2v) is 5.12. The zero-order valence-electron chi connectivity index (χ0n) is 10.00. The van der Waals surface area contributed by atoms with Crippen molar-refractivity contribution < 1.29 is 13.6 Å². The van der Waals surface area contributed by atoms with Crippen LogP contribution in [0.3, 0.4) is 0 Å². The van der Waals surface area contributed by atoms with Crippen molar-refractivity contribution in [1.29, 1.82) is 0 Å². The standard InChI is InChI=1S/C15H11BrF2O/c16-14-9-11(4-5-15(14)18)8-13(19)7-10-2-1-3-12(17)6-10/h1-6,9H,7-8H2. The van der Waals surface area contributed by atoms with E-state index in [1.54, 1.807) is 24.3 Å². The lowest BCUT2D eigenvalue weighted by Gasteiger charge is -2.03. The van der Waals surface area contributed by atoms with Gasteiger partial charge in [-0.3, -0.25) is 4.79 Å². The summed E-state index contributed by atoms with van der Waals surface area (Å²) in [7, 11) is 0. The maximum Gasteiger partial charge on any atom is 0.141 e. The number of ketones is 1. The summed E-state index contributed by atoms with van der Waals surface area (Å²) in [6, 6.07) is 10.4. The molecule has 0 aromatic heterocycles. The van der Waals surface area contributed by atoms with Crippen molar-refractivity contribution in [2.24, 2.45) is 0 Å². The molecule has 0 spiro atoms. The quantitative estimate of drug-likeness (QED) is 0.828. The van der Waals surface area contributed by atoms with Gasteiger partial charge in [-0.25, -0.2) is 8.78 Å². The molecule has 0 N–H and O–H groups in total. The van der Waals surface area contributed by atoms with E-state index < -0.39 is 0 Å². The predicted molar refractivity (Wildman–Crippen MR) is 72.9 cm³/mol. The molecule has 2 aromatic carbocycles. The zero-order chi connectivity index (χ0) is 13.8. The highest BCUT2D eigenvalue weighted by Gasteiger charge is 2.08. The summed E-state index contributed by atoms with van der Waals surface area (Å²) in [5, 5.41) is 0. The first-order chi connectivity index (χ1) is 9.04. The molecule has 0 fully saturated rings. The van der Waals surface area contributed by atoms with Crippen LogP contribution in [0.4, 0.5) is 8.78 Å². The summed E-state index contributed by atoms with van der Waals surface area (Å²) in [4.78, 5) is 11.9. The number of carbonyl (C=O) groups excluding carboxylic acids is 1. The first-order valence-electron chi connectivity index (χ1n) is 5.74. The molecule has 0 aliphatic heterocycles. The van der Waals surface area contributed by atoms with Gasteiger partial charge in [-0.15, -0.1) is 0 Å². The Balaban J connectivity index is 2.03. The molecule has 2 aromatic rings. The number of Topliss-reactive ketones (excluding diaryl/α,β-unsaturated/α-hetero) is 1. The molecule has 1 nitrogen and oxygen atoms in total. The minimum atomic E-state index is -0.360. The summed E-state index contributed by atoms with van der Waals surface area (Å²) in [5.41, 5.74) is 1.38. The number of benzene rings is 2. The average Bonchev–Trinajstić information content (AvgIpc) is 2.34. The number of hydrogen-bond acceptors (Lipinski definition) is 1. The largest absolute Gasteiger partial charge is 0.299 e. The van der Waals surface area contributed by atoms with Crippen LogP contribution >= 0.6 is 15.9 Å². The van der Waals surface area contributed by atoms with Gasteiger partial charge >= 0.3 is 0 Å². The molecule has 0 heterocycles. The van der Waals surface area contributed by atoms with Crippen molar-refractivity contribution in [2.45, 2.75) is 12.8 Å². The summed E-state index contributed by atoms with van der Waals surface area (Å²) in [5.74, 6) is -0.750. The van der Waals surface area contributed by atoms with Crippen LogP contribution in [-0.4, -0.2) is 5.78 Å². The number of carbonyl (C=O) groups is 1. The normalized spacial score (nSPS) is 10.5. The van der Waals surface area contributed by atoms with Gasteiger partial charge in [-0.2, -0.15) is 0 Å². The predicted octanol–water partition coefficient (Wildman–Crippen LogP) is 4.08. The maximum atomic E-state index is 13.1. The highest BCUT2D eigenvalue weighted by molar-refractivity contribution is 9.10. The first-order valence-corrected chi connectivity index (χ1v) is 6.54. The first kappa shape index (κ1) is 13.9. The van der Waals surface area contributed by atoms with E-state index in [2.05, 4.69) is 15.9 Å². The lowest BCUT2D eigenvalue weighted by atomic mass is 10.0. The fraction of sp³-hybridized carbons (Fsp3) is 0.133. The Morgan fingerprint density at radius 3 is 2.32 bits per heavy atom. The molecule has 0 unspecified atom stereocenters. The third-order valence-corrected chi connectivity index (χ3v) is 3.28. The summed E-state index contributed by atoms with van der Waals surface area (Å²) < 4.78 is 26.4. The van der Waals surface area contributed by atoms with Crippen LogP contribution in [-0.2, 0) is 17.6 Å². The van der Waals surface area contributed by atoms with Crippen LogP contribution in [0.5, 0.6) is 0 Å². The minimum Gasteiger partial charge on any atom is -0.299 e. The van der Waals surface area contributed by atoms with Gasteiger partial charge in [0.1, 0.15) is 17.4 Å². The molecular formula is C15H11BrF2O. The molecule has 0 saturated heterocycles. The van der Waals surface area contributed by atoms with Crippen LogP contribution in [0.15, 0.2) is 46.9 Å². The third-order valence-electron chi connectivity index (χ3n) is 2.68. The minimum absolute atomic E-state index is 0.0379. The molecule has 0 radical (unpaired) electrons. The van der Waals surface area contributed by atoms with Gasteiger partial charge in [0.2, 0.25) is 0 Å². The van der Waals surface area contributed by atoms with E-state index in [1.807, 2.05) is 0 Å². The Hall–Kier alpha value is -1.55. The van der Waals surface area contributed by atoms with E-state index in [0.717, 1.165) is 5.56 Å². The smallest absolute Gasteiger partial charge is 0.141 e. The van der Waals surface area contributed by atoms with Crippen molar-refractivity contribution in [3.8, 4) is 0 Å². The summed E-state index contributed by atoms with van der Waals surface area (Å²) >= 11 is 3.08. The molecule has 0 saturated carbocycles. The molecule has 0 aliphatic carbocycles. The Morgan fingerprint density at radius 1 is 1.00 bits per heavy atom. The highest BCUT2D eigenvalue weighted by Crippen LogP contribution is 2.17. The van der Waals surface area contributed by atoms with Crippen LogP contribution < -0.4 is 0 Å². The monoisotopic (exact) mass is 324 g/mol. The number of halogens is 3. The van der Waals surface area contributed by atoms with E-state index in [1.165, 1.54) is 18.2 Å². The molecule has 4 heteroatoms. The van der Waals surface area contributed by atoms with E-state index in [9.17, 15) is 13.6 Å². The maximum absolute atomic E-state index is 13.1. The van der Waals surface area contributed by atoms with E-state index in [-0.39, 0.29) is 30.3 Å². The van der Waals surface area contributed by atoms with Crippen molar-refractivity contribution in [2.75, 3.05) is 0 Å². The van der Waals surface area contributed by atoms with Crippen molar-refractivity contribution in [1.82, 2.24) is 0 Å². The molecule has 98 valence electrons. The van der Waals surface area contributed by atoms with Gasteiger partial charge in [0.05, 0.1) is 4.47 Å². The van der Waals surface area contributed by atoms with E-state index in [4.69, 9.17) is 0 Å². The Bertz CT molecular complexity index is 611. The second-order valence-electron chi connectivity index (χ2n) is 4.27. The molecule has 0 aliphatic rings. The summed E-state index contributed by atoms with van der Waals surface area (Å²) in [6.45, 7) is 0. The SMILES string of the molecule is O=C(Cc1cccc(F)c1)Cc1ccc(F)c(Br)c1. The summed E-state index contributed by atoms with van der Waals surface area (Å²) in [6.07, 6.45) is 0.377. The average molecular weight is 325 g/mol. The Labute approximate surface area is 118 Å². The fourth-order valence-electron chi connectivity index (χ4n) is 1.81. The van der Waals surface area contributed by atoms with Gasteiger partial charge in [0.25, 0.3) is 0 Å². The molecule has 0 bridgehead atoms. The number of hydrogen-bond donors (Lipinski definition) is 0. The van der Waals surface area contributed by atoms with Crippen LogP contribution in [0.1, 0.15) is 11.1 Å². The topological polar surface area (TPSA) is 17.1 Å². The Morgan fingerprint density at radius 2 is 1.68 bits per heavy atom. The van der Waals surface area contributed by atoms with Crippen molar-refractivity contribution in [3.63, 3.8) is 0 Å². The van der Waals surface area contributed by atoms with Crippen molar-refractivity contribution >= 4 is 21.7 Å². The number of rotatable bonds is 4. The van der Waals surface area contributed by atoms with Crippen LogP contribution in [0.25, 0.3) is 0 Å². The molecule has 19 heavy (non-hydrogen) atoms. The lowest BCUT2D eigenvalue weighted by Crippen LogP contribution is -2.07. The molecule has 0 amide bonds.